The number of carbonyl (C=O) groups excluding carboxylic acids is 1. The fraction of sp³-hybridized carbons (Fsp3) is 0.692. The summed E-state index contributed by atoms with van der Waals surface area (Å²) in [7, 11) is 0. The van der Waals surface area contributed by atoms with Gasteiger partial charge in [0.05, 0.1) is 10.7 Å². The lowest BCUT2D eigenvalue weighted by atomic mass is 10.2. The molecule has 0 unspecified atom stereocenters. The number of carbonyl (C=O) groups is 1. The fourth-order valence-corrected chi connectivity index (χ4v) is 2.41. The summed E-state index contributed by atoms with van der Waals surface area (Å²) < 4.78 is 39.7. The van der Waals surface area contributed by atoms with Crippen LogP contribution in [0.2, 0.25) is 5.02 Å². The standard InChI is InChI=1S/C13H17ClF3N3O/c1-7(2)5-18-9(21)6-20-11(8-3-4-8)10(14)12(19-20)13(15,16)17/h7-8H,3-6H2,1-2H3,(H,18,21). The number of alkyl halides is 3. The van der Waals surface area contributed by atoms with Crippen LogP contribution >= 0.6 is 11.6 Å². The zero-order chi connectivity index (χ0) is 15.8. The van der Waals surface area contributed by atoms with Crippen LogP contribution in [0.1, 0.15) is 44.0 Å². The van der Waals surface area contributed by atoms with E-state index in [-0.39, 0.29) is 29.3 Å². The third-order valence-corrected chi connectivity index (χ3v) is 3.54. The third kappa shape index (κ3) is 3.90. The van der Waals surface area contributed by atoms with Crippen LogP contribution in [0.4, 0.5) is 13.2 Å². The van der Waals surface area contributed by atoms with Crippen molar-refractivity contribution in [2.45, 2.75) is 45.3 Å². The maximum atomic E-state index is 12.9. The molecule has 118 valence electrons. The largest absolute Gasteiger partial charge is 0.436 e. The van der Waals surface area contributed by atoms with Crippen LogP contribution in [0.5, 0.6) is 0 Å². The maximum absolute atomic E-state index is 12.9. The van der Waals surface area contributed by atoms with Gasteiger partial charge in [-0.1, -0.05) is 25.4 Å². The Balaban J connectivity index is 2.20. The van der Waals surface area contributed by atoms with Crippen LogP contribution in [0.3, 0.4) is 0 Å². The molecule has 1 N–H and O–H groups in total. The highest BCUT2D eigenvalue weighted by Crippen LogP contribution is 2.46. The second kappa shape index (κ2) is 5.87. The van der Waals surface area contributed by atoms with Crippen molar-refractivity contribution in [3.63, 3.8) is 0 Å². The lowest BCUT2D eigenvalue weighted by molar-refractivity contribution is -0.141. The van der Waals surface area contributed by atoms with Crippen molar-refractivity contribution in [3.8, 4) is 0 Å². The van der Waals surface area contributed by atoms with E-state index in [4.69, 9.17) is 11.6 Å². The van der Waals surface area contributed by atoms with Crippen LogP contribution in [0.25, 0.3) is 0 Å². The fourth-order valence-electron chi connectivity index (χ4n) is 2.01. The molecule has 8 heteroatoms. The highest BCUT2D eigenvalue weighted by molar-refractivity contribution is 6.32. The average molecular weight is 324 g/mol. The topological polar surface area (TPSA) is 46.9 Å². The molecule has 1 fully saturated rings. The normalized spacial score (nSPS) is 15.6. The lowest BCUT2D eigenvalue weighted by Crippen LogP contribution is -2.31. The monoisotopic (exact) mass is 323 g/mol. The Morgan fingerprint density at radius 2 is 2.10 bits per heavy atom. The molecule has 0 saturated heterocycles. The molecule has 1 aromatic rings. The summed E-state index contributed by atoms with van der Waals surface area (Å²) in [6, 6.07) is 0. The Kier molecular flexibility index (Phi) is 4.51. The molecule has 21 heavy (non-hydrogen) atoms. The molecule has 1 aliphatic rings. The number of nitrogens with one attached hydrogen (secondary N) is 1. The van der Waals surface area contributed by atoms with Gasteiger partial charge in [0, 0.05) is 12.5 Å². The van der Waals surface area contributed by atoms with E-state index < -0.39 is 11.9 Å². The highest BCUT2D eigenvalue weighted by atomic mass is 35.5. The molecule has 0 aromatic carbocycles. The Bertz CT molecular complexity index is 535. The Hall–Kier alpha value is -1.24. The predicted octanol–water partition coefficient (Wildman–Crippen LogP) is 3.20. The third-order valence-electron chi connectivity index (χ3n) is 3.16. The maximum Gasteiger partial charge on any atom is 0.436 e. The number of hydrogen-bond acceptors (Lipinski definition) is 2. The first-order valence-electron chi connectivity index (χ1n) is 6.80. The van der Waals surface area contributed by atoms with Gasteiger partial charge in [-0.3, -0.25) is 9.48 Å². The van der Waals surface area contributed by atoms with Crippen molar-refractivity contribution < 1.29 is 18.0 Å². The van der Waals surface area contributed by atoms with Crippen molar-refractivity contribution in [1.29, 1.82) is 0 Å². The molecule has 0 radical (unpaired) electrons. The summed E-state index contributed by atoms with van der Waals surface area (Å²) in [5, 5.41) is 5.80. The van der Waals surface area contributed by atoms with E-state index in [1.54, 1.807) is 0 Å². The van der Waals surface area contributed by atoms with Gasteiger partial charge in [-0.2, -0.15) is 18.3 Å². The van der Waals surface area contributed by atoms with E-state index in [0.29, 0.717) is 12.2 Å². The molecule has 1 saturated carbocycles. The molecule has 1 amide bonds. The molecule has 0 spiro atoms. The number of halogens is 4. The summed E-state index contributed by atoms with van der Waals surface area (Å²) >= 11 is 5.83. The van der Waals surface area contributed by atoms with E-state index >= 15 is 0 Å². The van der Waals surface area contributed by atoms with Crippen molar-refractivity contribution in [2.75, 3.05) is 6.54 Å². The van der Waals surface area contributed by atoms with Gasteiger partial charge < -0.3 is 5.32 Å². The first-order valence-corrected chi connectivity index (χ1v) is 7.18. The quantitative estimate of drug-likeness (QED) is 0.904. The van der Waals surface area contributed by atoms with Crippen molar-refractivity contribution in [2.24, 2.45) is 5.92 Å². The van der Waals surface area contributed by atoms with Gasteiger partial charge >= 0.3 is 6.18 Å². The van der Waals surface area contributed by atoms with Gasteiger partial charge in [0.15, 0.2) is 5.69 Å². The van der Waals surface area contributed by atoms with Gasteiger partial charge in [-0.25, -0.2) is 0 Å². The molecule has 0 aliphatic heterocycles. The van der Waals surface area contributed by atoms with E-state index in [2.05, 4.69) is 10.4 Å². The highest BCUT2D eigenvalue weighted by Gasteiger charge is 2.42. The zero-order valence-corrected chi connectivity index (χ0v) is 12.6. The minimum Gasteiger partial charge on any atom is -0.354 e. The summed E-state index contributed by atoms with van der Waals surface area (Å²) in [6.45, 7) is 4.10. The van der Waals surface area contributed by atoms with Gasteiger partial charge in [0.25, 0.3) is 0 Å². The van der Waals surface area contributed by atoms with E-state index in [1.807, 2.05) is 13.8 Å². The summed E-state index contributed by atoms with van der Waals surface area (Å²) in [4.78, 5) is 11.8. The number of amides is 1. The second-order valence-corrected chi connectivity index (χ2v) is 6.05. The average Bonchev–Trinajstić information content (AvgIpc) is 3.11. The molecule has 0 bridgehead atoms. The number of rotatable bonds is 5. The lowest BCUT2D eigenvalue weighted by Gasteiger charge is -2.09. The van der Waals surface area contributed by atoms with Crippen molar-refractivity contribution in [3.05, 3.63) is 16.4 Å². The Morgan fingerprint density at radius 1 is 1.48 bits per heavy atom. The Morgan fingerprint density at radius 3 is 2.57 bits per heavy atom. The second-order valence-electron chi connectivity index (χ2n) is 5.68. The predicted molar refractivity (Wildman–Crippen MR) is 72.1 cm³/mol. The van der Waals surface area contributed by atoms with Gasteiger partial charge in [-0.15, -0.1) is 0 Å². The molecule has 1 heterocycles. The number of nitrogens with zero attached hydrogens (tertiary/aromatic N) is 2. The van der Waals surface area contributed by atoms with Crippen LogP contribution in [-0.4, -0.2) is 22.2 Å². The van der Waals surface area contributed by atoms with E-state index in [1.165, 1.54) is 0 Å². The van der Waals surface area contributed by atoms with Crippen molar-refractivity contribution >= 4 is 17.5 Å². The Labute approximate surface area is 125 Å². The minimum atomic E-state index is -4.61. The molecule has 1 aromatic heterocycles. The molecule has 2 rings (SSSR count). The summed E-state index contributed by atoms with van der Waals surface area (Å²) in [5.41, 5.74) is -0.786. The first kappa shape index (κ1) is 16.1. The minimum absolute atomic E-state index is 0.0287. The SMILES string of the molecule is CC(C)CNC(=O)Cn1nc(C(F)(F)F)c(Cl)c1C1CC1. The zero-order valence-electron chi connectivity index (χ0n) is 11.8. The first-order chi connectivity index (χ1) is 9.70. The molecule has 4 nitrogen and oxygen atoms in total. The molecular formula is C13H17ClF3N3O. The van der Waals surface area contributed by atoms with Crippen LogP contribution in [0, 0.1) is 5.92 Å². The van der Waals surface area contributed by atoms with Crippen LogP contribution < -0.4 is 5.32 Å². The molecular weight excluding hydrogens is 307 g/mol. The van der Waals surface area contributed by atoms with Gasteiger partial charge in [-0.05, 0) is 18.8 Å². The van der Waals surface area contributed by atoms with E-state index in [0.717, 1.165) is 17.5 Å². The smallest absolute Gasteiger partial charge is 0.354 e. The van der Waals surface area contributed by atoms with Crippen LogP contribution in [0.15, 0.2) is 0 Å². The molecule has 1 aliphatic carbocycles. The summed E-state index contributed by atoms with van der Waals surface area (Å²) in [5.74, 6) is -0.124. The van der Waals surface area contributed by atoms with Gasteiger partial charge in [0.2, 0.25) is 5.91 Å². The van der Waals surface area contributed by atoms with Gasteiger partial charge in [0.1, 0.15) is 6.54 Å². The van der Waals surface area contributed by atoms with Crippen LogP contribution in [-0.2, 0) is 17.5 Å². The van der Waals surface area contributed by atoms with E-state index in [9.17, 15) is 18.0 Å². The number of hydrogen-bond donors (Lipinski definition) is 1. The van der Waals surface area contributed by atoms with Crippen molar-refractivity contribution in [1.82, 2.24) is 15.1 Å². The number of aromatic nitrogens is 2. The summed E-state index contributed by atoms with van der Waals surface area (Å²) in [6.07, 6.45) is -3.06. The molecule has 0 atom stereocenters.